The highest BCUT2D eigenvalue weighted by atomic mass is 16.5. The summed E-state index contributed by atoms with van der Waals surface area (Å²) in [5.41, 5.74) is 0.562. The molecule has 0 saturated carbocycles. The van der Waals surface area contributed by atoms with Gasteiger partial charge in [-0.25, -0.2) is 0 Å². The number of rotatable bonds is 8. The van der Waals surface area contributed by atoms with Gasteiger partial charge in [0.2, 0.25) is 11.7 Å². The molecule has 10 nitrogen and oxygen atoms in total. The molecule has 2 amide bonds. The van der Waals surface area contributed by atoms with Gasteiger partial charge in [-0.2, -0.15) is 0 Å². The number of benzene rings is 2. The van der Waals surface area contributed by atoms with Gasteiger partial charge in [0.1, 0.15) is 6.54 Å². The molecule has 1 spiro atoms. The molecule has 2 aliphatic heterocycles. The molecule has 10 heteroatoms. The Morgan fingerprint density at radius 3 is 2.17 bits per heavy atom. The van der Waals surface area contributed by atoms with Crippen LogP contribution in [0.4, 0.5) is 0 Å². The van der Waals surface area contributed by atoms with E-state index in [1.165, 1.54) is 26.2 Å². The smallest absolute Gasteiger partial charge is 0.323 e. The Hall–Kier alpha value is -3.79. The molecule has 1 atom stereocenters. The van der Waals surface area contributed by atoms with Crippen LogP contribution in [0, 0.1) is 0 Å². The molecule has 0 radical (unpaired) electrons. The number of aliphatic carboxylic acids is 1. The van der Waals surface area contributed by atoms with Crippen LogP contribution >= 0.6 is 0 Å². The zero-order valence-electron chi connectivity index (χ0n) is 20.7. The van der Waals surface area contributed by atoms with Crippen molar-refractivity contribution in [3.05, 3.63) is 53.6 Å². The number of hydrogen-bond donors (Lipinski definition) is 2. The molecule has 1 unspecified atom stereocenters. The quantitative estimate of drug-likeness (QED) is 0.567. The van der Waals surface area contributed by atoms with Crippen molar-refractivity contribution in [3.63, 3.8) is 0 Å². The Labute approximate surface area is 209 Å². The van der Waals surface area contributed by atoms with E-state index in [-0.39, 0.29) is 11.8 Å². The molecule has 192 valence electrons. The van der Waals surface area contributed by atoms with E-state index in [4.69, 9.17) is 14.2 Å². The lowest BCUT2D eigenvalue weighted by molar-refractivity contribution is -0.147. The van der Waals surface area contributed by atoms with Gasteiger partial charge < -0.3 is 29.1 Å². The van der Waals surface area contributed by atoms with Crippen LogP contribution < -0.4 is 19.5 Å². The van der Waals surface area contributed by atoms with Crippen molar-refractivity contribution >= 4 is 17.8 Å². The third kappa shape index (κ3) is 4.81. The Bertz CT molecular complexity index is 1100. The number of carbonyl (C=O) groups excluding carboxylic acids is 2. The third-order valence-electron chi connectivity index (χ3n) is 6.89. The number of carboxylic acid groups (broad SMARTS) is 1. The zero-order valence-corrected chi connectivity index (χ0v) is 20.7. The van der Waals surface area contributed by atoms with Crippen molar-refractivity contribution in [1.82, 2.24) is 15.1 Å². The fraction of sp³-hybridized carbons (Fsp3) is 0.423. The predicted octanol–water partition coefficient (Wildman–Crippen LogP) is 1.77. The van der Waals surface area contributed by atoms with Crippen LogP contribution in [-0.2, 0) is 16.0 Å². The van der Waals surface area contributed by atoms with Crippen molar-refractivity contribution in [1.29, 1.82) is 0 Å². The molecule has 2 aromatic rings. The molecule has 2 saturated heterocycles. The monoisotopic (exact) mass is 497 g/mol. The maximum Gasteiger partial charge on any atom is 0.323 e. The molecule has 2 heterocycles. The minimum absolute atomic E-state index is 0.209. The fourth-order valence-corrected chi connectivity index (χ4v) is 5.10. The van der Waals surface area contributed by atoms with E-state index in [1.807, 2.05) is 30.3 Å². The molecule has 2 N–H and O–H groups in total. The average Bonchev–Trinajstić information content (AvgIpc) is 3.13. The number of nitrogens with zero attached hydrogens (tertiary/aromatic N) is 2. The van der Waals surface area contributed by atoms with E-state index in [1.54, 1.807) is 17.0 Å². The van der Waals surface area contributed by atoms with Crippen LogP contribution in [-0.4, -0.2) is 85.4 Å². The van der Waals surface area contributed by atoms with Crippen molar-refractivity contribution in [2.24, 2.45) is 0 Å². The summed E-state index contributed by atoms with van der Waals surface area (Å²) >= 11 is 0. The summed E-state index contributed by atoms with van der Waals surface area (Å²) in [6.07, 6.45) is 1.28. The first-order chi connectivity index (χ1) is 17.3. The lowest BCUT2D eigenvalue weighted by Gasteiger charge is -2.44. The van der Waals surface area contributed by atoms with Crippen molar-refractivity contribution < 1.29 is 33.7 Å². The van der Waals surface area contributed by atoms with Crippen LogP contribution in [0.1, 0.15) is 28.8 Å². The van der Waals surface area contributed by atoms with Crippen LogP contribution in [0.15, 0.2) is 42.5 Å². The number of carboxylic acids is 1. The van der Waals surface area contributed by atoms with Gasteiger partial charge in [0, 0.05) is 31.5 Å². The Kier molecular flexibility index (Phi) is 7.35. The molecule has 2 aliphatic rings. The first-order valence-electron chi connectivity index (χ1n) is 11.8. The van der Waals surface area contributed by atoms with Crippen molar-refractivity contribution in [2.75, 3.05) is 41.0 Å². The number of nitrogens with one attached hydrogen (secondary N) is 1. The van der Waals surface area contributed by atoms with E-state index in [2.05, 4.69) is 5.32 Å². The SMILES string of the molecule is COc1cc(C(=O)N2CCC3(CC2)NC(Cc2ccccc2)C(=O)N3CC(=O)O)cc(OC)c1OC. The standard InChI is InChI=1S/C26H31N3O7/c1-34-20-14-18(15-21(35-2)23(20)36-3)24(32)28-11-9-26(10-12-28)27-19(13-17-7-5-4-6-8-17)25(33)29(26)16-22(30)31/h4-8,14-15,19,27H,9-13,16H2,1-3H3,(H,30,31). The van der Waals surface area contributed by atoms with Gasteiger partial charge in [-0.15, -0.1) is 0 Å². The first-order valence-corrected chi connectivity index (χ1v) is 11.8. The summed E-state index contributed by atoms with van der Waals surface area (Å²) in [6, 6.07) is 12.3. The number of likely N-dealkylation sites (tertiary alicyclic amines) is 1. The largest absolute Gasteiger partial charge is 0.493 e. The minimum atomic E-state index is -1.07. The molecule has 36 heavy (non-hydrogen) atoms. The molecule has 4 rings (SSSR count). The summed E-state index contributed by atoms with van der Waals surface area (Å²) in [7, 11) is 4.47. The molecular weight excluding hydrogens is 466 g/mol. The van der Waals surface area contributed by atoms with Gasteiger partial charge in [0.25, 0.3) is 5.91 Å². The number of methoxy groups -OCH3 is 3. The number of amides is 2. The summed E-state index contributed by atoms with van der Waals surface area (Å²) in [4.78, 5) is 41.3. The number of carbonyl (C=O) groups is 3. The maximum absolute atomic E-state index is 13.3. The summed E-state index contributed by atoms with van der Waals surface area (Å²) in [5, 5.41) is 12.9. The molecule has 0 bridgehead atoms. The van der Waals surface area contributed by atoms with Gasteiger partial charge in [-0.3, -0.25) is 19.7 Å². The van der Waals surface area contributed by atoms with Crippen molar-refractivity contribution in [3.8, 4) is 17.2 Å². The van der Waals surface area contributed by atoms with E-state index in [9.17, 15) is 19.5 Å². The van der Waals surface area contributed by atoms with E-state index in [0.717, 1.165) is 5.56 Å². The number of piperidine rings is 1. The van der Waals surface area contributed by atoms with Crippen LogP contribution in [0.5, 0.6) is 17.2 Å². The van der Waals surface area contributed by atoms with Gasteiger partial charge in [-0.1, -0.05) is 30.3 Å². The Morgan fingerprint density at radius 2 is 1.64 bits per heavy atom. The van der Waals surface area contributed by atoms with Crippen LogP contribution in [0.2, 0.25) is 0 Å². The molecule has 2 fully saturated rings. The highest BCUT2D eigenvalue weighted by Crippen LogP contribution is 2.39. The average molecular weight is 498 g/mol. The topological polar surface area (TPSA) is 118 Å². The summed E-state index contributed by atoms with van der Waals surface area (Å²) in [6.45, 7) is 0.311. The second-order valence-corrected chi connectivity index (χ2v) is 8.94. The Balaban J connectivity index is 1.52. The maximum atomic E-state index is 13.3. The summed E-state index contributed by atoms with van der Waals surface area (Å²) in [5.74, 6) is -0.344. The second kappa shape index (κ2) is 10.4. The van der Waals surface area contributed by atoms with Crippen molar-refractivity contribution in [2.45, 2.75) is 31.0 Å². The normalized spacial score (nSPS) is 18.9. The van der Waals surface area contributed by atoms with Gasteiger partial charge in [0.05, 0.1) is 33.0 Å². The molecule has 2 aromatic carbocycles. The zero-order chi connectivity index (χ0) is 25.9. The van der Waals surface area contributed by atoms with Crippen LogP contribution in [0.25, 0.3) is 0 Å². The summed E-state index contributed by atoms with van der Waals surface area (Å²) < 4.78 is 16.1. The highest BCUT2D eigenvalue weighted by Gasteiger charge is 2.52. The van der Waals surface area contributed by atoms with E-state index < -0.39 is 24.2 Å². The first kappa shape index (κ1) is 25.3. The molecule has 0 aromatic heterocycles. The molecular formula is C26H31N3O7. The van der Waals surface area contributed by atoms with Gasteiger partial charge in [-0.05, 0) is 24.1 Å². The minimum Gasteiger partial charge on any atom is -0.493 e. The van der Waals surface area contributed by atoms with E-state index in [0.29, 0.717) is 55.2 Å². The third-order valence-corrected chi connectivity index (χ3v) is 6.89. The van der Waals surface area contributed by atoms with Gasteiger partial charge >= 0.3 is 5.97 Å². The lowest BCUT2D eigenvalue weighted by Crippen LogP contribution is -2.60. The lowest BCUT2D eigenvalue weighted by atomic mass is 9.95. The Morgan fingerprint density at radius 1 is 1.03 bits per heavy atom. The second-order valence-electron chi connectivity index (χ2n) is 8.94. The highest BCUT2D eigenvalue weighted by molar-refractivity contribution is 5.96. The van der Waals surface area contributed by atoms with Crippen LogP contribution in [0.3, 0.4) is 0 Å². The predicted molar refractivity (Wildman–Crippen MR) is 130 cm³/mol. The number of hydrogen-bond acceptors (Lipinski definition) is 7. The fourth-order valence-electron chi connectivity index (χ4n) is 5.10. The van der Waals surface area contributed by atoms with E-state index >= 15 is 0 Å². The van der Waals surface area contributed by atoms with Gasteiger partial charge in [0.15, 0.2) is 11.5 Å². The molecule has 0 aliphatic carbocycles. The number of ether oxygens (including phenoxy) is 3.